The van der Waals surface area contributed by atoms with E-state index in [-0.39, 0.29) is 22.6 Å². The lowest BCUT2D eigenvalue weighted by Gasteiger charge is -2.28. The van der Waals surface area contributed by atoms with E-state index >= 15 is 4.39 Å². The Hall–Kier alpha value is -3.62. The van der Waals surface area contributed by atoms with Gasteiger partial charge in [-0.1, -0.05) is 23.7 Å². The summed E-state index contributed by atoms with van der Waals surface area (Å²) in [6.07, 6.45) is 0. The summed E-state index contributed by atoms with van der Waals surface area (Å²) in [6.45, 7) is 2.94. The van der Waals surface area contributed by atoms with Crippen molar-refractivity contribution in [2.75, 3.05) is 31.2 Å². The van der Waals surface area contributed by atoms with Crippen LogP contribution in [-0.4, -0.2) is 46.5 Å². The SMILES string of the molecule is O=C(O)c1cccc(Cn2c(=O)n(-c3ccc(N4CCOCC4)cc3)c3c(F)c(Cl)ccc32)c1. The van der Waals surface area contributed by atoms with E-state index < -0.39 is 17.5 Å². The Morgan fingerprint density at radius 1 is 1.03 bits per heavy atom. The van der Waals surface area contributed by atoms with Gasteiger partial charge in [-0.05, 0) is 54.1 Å². The number of carboxylic acids is 1. The van der Waals surface area contributed by atoms with Crippen LogP contribution in [0.3, 0.4) is 0 Å². The van der Waals surface area contributed by atoms with Gasteiger partial charge in [0.25, 0.3) is 0 Å². The van der Waals surface area contributed by atoms with Gasteiger partial charge in [-0.3, -0.25) is 9.13 Å². The number of hydrogen-bond donors (Lipinski definition) is 1. The van der Waals surface area contributed by atoms with Crippen molar-refractivity contribution in [3.63, 3.8) is 0 Å². The molecule has 0 atom stereocenters. The highest BCUT2D eigenvalue weighted by Gasteiger charge is 2.21. The lowest BCUT2D eigenvalue weighted by molar-refractivity contribution is 0.0696. The number of ether oxygens (including phenoxy) is 1. The summed E-state index contributed by atoms with van der Waals surface area (Å²) in [5.41, 5.74) is 2.22. The molecule has 0 radical (unpaired) electrons. The van der Waals surface area contributed by atoms with Gasteiger partial charge in [0.05, 0.1) is 41.5 Å². The summed E-state index contributed by atoms with van der Waals surface area (Å²) in [7, 11) is 0. The van der Waals surface area contributed by atoms with Crippen LogP contribution >= 0.6 is 11.6 Å². The van der Waals surface area contributed by atoms with Gasteiger partial charge >= 0.3 is 11.7 Å². The monoisotopic (exact) mass is 481 g/mol. The van der Waals surface area contributed by atoms with E-state index in [1.165, 1.54) is 27.3 Å². The highest BCUT2D eigenvalue weighted by atomic mass is 35.5. The summed E-state index contributed by atoms with van der Waals surface area (Å²) in [5, 5.41) is 9.20. The first kappa shape index (κ1) is 22.2. The minimum Gasteiger partial charge on any atom is -0.478 e. The number of aromatic carboxylic acids is 1. The van der Waals surface area contributed by atoms with Crippen LogP contribution in [0.25, 0.3) is 16.7 Å². The number of morpholine rings is 1. The van der Waals surface area contributed by atoms with Crippen LogP contribution in [0.4, 0.5) is 10.1 Å². The van der Waals surface area contributed by atoms with E-state index in [4.69, 9.17) is 16.3 Å². The predicted octanol–water partition coefficient (Wildman–Crippen LogP) is 4.17. The molecule has 174 valence electrons. The molecule has 1 fully saturated rings. The second kappa shape index (κ2) is 8.96. The van der Waals surface area contributed by atoms with Crippen LogP contribution in [0.1, 0.15) is 15.9 Å². The molecule has 0 aliphatic carbocycles. The Balaban J connectivity index is 1.62. The summed E-state index contributed by atoms with van der Waals surface area (Å²) in [6, 6.07) is 16.7. The number of rotatable bonds is 5. The van der Waals surface area contributed by atoms with Gasteiger partial charge < -0.3 is 14.7 Å². The third-order valence-corrected chi connectivity index (χ3v) is 6.28. The number of imidazole rings is 1. The standard InChI is InChI=1S/C25H21ClFN3O4/c26-20-8-9-21-23(22(20)27)30(19-6-4-18(5-7-19)28-10-12-34-13-11-28)25(33)29(21)15-16-2-1-3-17(14-16)24(31)32/h1-9,14H,10-13,15H2,(H,31,32). The molecule has 9 heteroatoms. The molecule has 0 spiro atoms. The molecular formula is C25H21ClFN3O4. The van der Waals surface area contributed by atoms with E-state index in [2.05, 4.69) is 4.90 Å². The molecule has 1 N–H and O–H groups in total. The van der Waals surface area contributed by atoms with Gasteiger partial charge in [0, 0.05) is 18.8 Å². The smallest absolute Gasteiger partial charge is 0.335 e. The Morgan fingerprint density at radius 2 is 1.74 bits per heavy atom. The van der Waals surface area contributed by atoms with Crippen LogP contribution in [0.15, 0.2) is 65.5 Å². The van der Waals surface area contributed by atoms with Crippen molar-refractivity contribution in [1.29, 1.82) is 0 Å². The Morgan fingerprint density at radius 3 is 2.44 bits per heavy atom. The highest BCUT2D eigenvalue weighted by molar-refractivity contribution is 6.31. The second-order valence-electron chi connectivity index (χ2n) is 8.05. The van der Waals surface area contributed by atoms with Gasteiger partial charge in [-0.2, -0.15) is 0 Å². The number of carbonyl (C=O) groups is 1. The number of aromatic nitrogens is 2. The van der Waals surface area contributed by atoms with Crippen LogP contribution in [0.2, 0.25) is 5.02 Å². The summed E-state index contributed by atoms with van der Waals surface area (Å²) in [4.78, 5) is 27.1. The number of carboxylic acid groups (broad SMARTS) is 1. The van der Waals surface area contributed by atoms with Crippen LogP contribution in [0, 0.1) is 5.82 Å². The maximum Gasteiger partial charge on any atom is 0.335 e. The van der Waals surface area contributed by atoms with Crippen LogP contribution in [-0.2, 0) is 11.3 Å². The Kier molecular flexibility index (Phi) is 5.85. The van der Waals surface area contributed by atoms with Gasteiger partial charge in [0.15, 0.2) is 5.82 Å². The molecule has 5 rings (SSSR count). The molecule has 4 aromatic rings. The van der Waals surface area contributed by atoms with E-state index in [1.54, 1.807) is 30.3 Å². The summed E-state index contributed by atoms with van der Waals surface area (Å²) in [5.74, 6) is -1.75. The molecule has 2 heterocycles. The van der Waals surface area contributed by atoms with Crippen LogP contribution < -0.4 is 10.6 Å². The Labute approximate surface area is 199 Å². The zero-order valence-corrected chi connectivity index (χ0v) is 18.8. The van der Waals surface area contributed by atoms with Crippen molar-refractivity contribution in [2.24, 2.45) is 0 Å². The molecular weight excluding hydrogens is 461 g/mol. The van der Waals surface area contributed by atoms with Gasteiger partial charge in [0.2, 0.25) is 0 Å². The van der Waals surface area contributed by atoms with Crippen molar-refractivity contribution in [3.05, 3.63) is 93.1 Å². The number of nitrogens with zero attached hydrogens (tertiary/aromatic N) is 3. The molecule has 0 saturated carbocycles. The number of hydrogen-bond acceptors (Lipinski definition) is 4. The van der Waals surface area contributed by atoms with Gasteiger partial charge in [-0.25, -0.2) is 14.0 Å². The lowest BCUT2D eigenvalue weighted by Crippen LogP contribution is -2.36. The summed E-state index contributed by atoms with van der Waals surface area (Å²) >= 11 is 6.07. The van der Waals surface area contributed by atoms with E-state index in [0.29, 0.717) is 30.0 Å². The molecule has 7 nitrogen and oxygen atoms in total. The number of fused-ring (bicyclic) bond motifs is 1. The third-order valence-electron chi connectivity index (χ3n) is 5.98. The van der Waals surface area contributed by atoms with Crippen molar-refractivity contribution in [3.8, 4) is 5.69 Å². The molecule has 34 heavy (non-hydrogen) atoms. The number of anilines is 1. The maximum atomic E-state index is 15.2. The maximum absolute atomic E-state index is 15.2. The fourth-order valence-electron chi connectivity index (χ4n) is 4.29. The first-order valence-electron chi connectivity index (χ1n) is 10.8. The Bertz CT molecular complexity index is 1440. The van der Waals surface area contributed by atoms with Crippen molar-refractivity contribution in [1.82, 2.24) is 9.13 Å². The molecule has 0 bridgehead atoms. The average Bonchev–Trinajstić information content (AvgIpc) is 3.14. The first-order chi connectivity index (χ1) is 16.4. The fourth-order valence-corrected chi connectivity index (χ4v) is 4.44. The molecule has 0 unspecified atom stereocenters. The molecule has 1 saturated heterocycles. The minimum absolute atomic E-state index is 0.0750. The first-order valence-corrected chi connectivity index (χ1v) is 11.2. The van der Waals surface area contributed by atoms with Crippen molar-refractivity contribution < 1.29 is 19.0 Å². The third kappa shape index (κ3) is 3.95. The lowest BCUT2D eigenvalue weighted by atomic mass is 10.1. The molecule has 1 aliphatic heterocycles. The zero-order valence-electron chi connectivity index (χ0n) is 18.1. The van der Waals surface area contributed by atoms with E-state index in [9.17, 15) is 14.7 Å². The van der Waals surface area contributed by atoms with Crippen molar-refractivity contribution in [2.45, 2.75) is 6.54 Å². The normalized spacial score (nSPS) is 14.0. The van der Waals surface area contributed by atoms with Crippen molar-refractivity contribution >= 4 is 34.3 Å². The highest BCUT2D eigenvalue weighted by Crippen LogP contribution is 2.28. The average molecular weight is 482 g/mol. The zero-order chi connectivity index (χ0) is 23.8. The fraction of sp³-hybridized carbons (Fsp3) is 0.200. The quantitative estimate of drug-likeness (QED) is 0.463. The van der Waals surface area contributed by atoms with E-state index in [0.717, 1.165) is 18.8 Å². The van der Waals surface area contributed by atoms with Gasteiger partial charge in [0.1, 0.15) is 5.52 Å². The van der Waals surface area contributed by atoms with E-state index in [1.807, 2.05) is 12.1 Å². The molecule has 1 aliphatic rings. The van der Waals surface area contributed by atoms with Gasteiger partial charge in [-0.15, -0.1) is 0 Å². The number of benzene rings is 3. The van der Waals surface area contributed by atoms with Crippen LogP contribution in [0.5, 0.6) is 0 Å². The minimum atomic E-state index is -1.06. The molecule has 1 aromatic heterocycles. The number of halogens is 2. The largest absolute Gasteiger partial charge is 0.478 e. The predicted molar refractivity (Wildman–Crippen MR) is 128 cm³/mol. The molecule has 3 aromatic carbocycles. The molecule has 0 amide bonds. The summed E-state index contributed by atoms with van der Waals surface area (Å²) < 4.78 is 23.3. The second-order valence-corrected chi connectivity index (χ2v) is 8.46. The topological polar surface area (TPSA) is 76.7 Å².